The molecular weight excluding hydrogens is 266 g/mol. The summed E-state index contributed by atoms with van der Waals surface area (Å²) >= 11 is 0. The van der Waals surface area contributed by atoms with Crippen LogP contribution in [0.2, 0.25) is 0 Å². The Kier molecular flexibility index (Phi) is 2.55. The first-order valence-corrected chi connectivity index (χ1v) is 7.20. The fourth-order valence-corrected chi connectivity index (χ4v) is 3.37. The molecule has 1 aliphatic carbocycles. The van der Waals surface area contributed by atoms with Gasteiger partial charge in [-0.3, -0.25) is 9.59 Å². The Balaban J connectivity index is 1.98. The molecule has 0 bridgehead atoms. The fraction of sp³-hybridized carbons (Fsp3) is 0.294. The minimum absolute atomic E-state index is 0.203. The summed E-state index contributed by atoms with van der Waals surface area (Å²) in [5, 5.41) is 0. The Morgan fingerprint density at radius 1 is 1.24 bits per heavy atom. The van der Waals surface area contributed by atoms with Crippen LogP contribution < -0.4 is 5.43 Å². The van der Waals surface area contributed by atoms with E-state index < -0.39 is 0 Å². The largest absolute Gasteiger partial charge is 0.454 e. The Labute approximate surface area is 121 Å². The second-order valence-electron chi connectivity index (χ2n) is 5.68. The van der Waals surface area contributed by atoms with Crippen molar-refractivity contribution >= 4 is 11.9 Å². The minimum Gasteiger partial charge on any atom is -0.454 e. The Bertz CT molecular complexity index is 852. The van der Waals surface area contributed by atoms with Crippen LogP contribution in [-0.4, -0.2) is 10.9 Å². The van der Waals surface area contributed by atoms with Crippen LogP contribution in [-0.2, 0) is 19.4 Å². The molecule has 4 rings (SSSR count). The van der Waals surface area contributed by atoms with Gasteiger partial charge >= 0.3 is 0 Å². The number of hydrogen-bond donors (Lipinski definition) is 0. The molecule has 0 saturated heterocycles. The summed E-state index contributed by atoms with van der Waals surface area (Å²) in [6.07, 6.45) is 7.38. The second kappa shape index (κ2) is 4.32. The van der Waals surface area contributed by atoms with Crippen molar-refractivity contribution in [3.8, 4) is 11.5 Å². The standard InChI is InChI=1S/C17H15NO3/c1-10-3-2-4-12-13-5-6-18-8-11(9-19)15(20)7-14(18)17(13)21-16(10)12/h3,7-9H,2,4-6H2,1H3. The molecule has 0 fully saturated rings. The lowest BCUT2D eigenvalue weighted by molar-refractivity contribution is 0.112. The molecule has 1 aliphatic heterocycles. The van der Waals surface area contributed by atoms with E-state index in [0.29, 0.717) is 6.29 Å². The van der Waals surface area contributed by atoms with Crippen molar-refractivity contribution < 1.29 is 9.21 Å². The number of allylic oxidation sites excluding steroid dienone is 2. The molecular formula is C17H15NO3. The zero-order valence-electron chi connectivity index (χ0n) is 11.8. The number of rotatable bonds is 1. The maximum atomic E-state index is 11.9. The molecule has 2 aromatic rings. The van der Waals surface area contributed by atoms with E-state index in [0.717, 1.165) is 43.0 Å². The summed E-state index contributed by atoms with van der Waals surface area (Å²) in [7, 11) is 0. The van der Waals surface area contributed by atoms with E-state index >= 15 is 0 Å². The van der Waals surface area contributed by atoms with E-state index in [1.807, 2.05) is 4.57 Å². The van der Waals surface area contributed by atoms with Gasteiger partial charge in [0, 0.05) is 29.9 Å². The maximum Gasteiger partial charge on any atom is 0.192 e. The predicted molar refractivity (Wildman–Crippen MR) is 79.5 cm³/mol. The molecule has 0 spiro atoms. The van der Waals surface area contributed by atoms with Crippen LogP contribution in [0.3, 0.4) is 0 Å². The number of carbonyl (C=O) groups excluding carboxylic acids is 1. The average Bonchev–Trinajstić information content (AvgIpc) is 2.87. The first-order valence-electron chi connectivity index (χ1n) is 7.20. The van der Waals surface area contributed by atoms with Gasteiger partial charge in [-0.25, -0.2) is 0 Å². The molecule has 4 nitrogen and oxygen atoms in total. The molecule has 4 heteroatoms. The number of pyridine rings is 1. The highest BCUT2D eigenvalue weighted by molar-refractivity contribution is 5.77. The van der Waals surface area contributed by atoms with Crippen molar-refractivity contribution in [3.63, 3.8) is 0 Å². The van der Waals surface area contributed by atoms with E-state index in [2.05, 4.69) is 13.0 Å². The zero-order chi connectivity index (χ0) is 14.6. The van der Waals surface area contributed by atoms with Crippen LogP contribution in [0.15, 0.2) is 27.6 Å². The van der Waals surface area contributed by atoms with E-state index in [4.69, 9.17) is 4.42 Å². The van der Waals surface area contributed by atoms with E-state index in [9.17, 15) is 9.59 Å². The molecule has 0 aromatic carbocycles. The first-order chi connectivity index (χ1) is 10.2. The van der Waals surface area contributed by atoms with Crippen LogP contribution in [0.1, 0.15) is 40.6 Å². The molecule has 0 atom stereocenters. The van der Waals surface area contributed by atoms with Gasteiger partial charge in [-0.15, -0.1) is 0 Å². The number of aryl methyl sites for hydroxylation is 1. The van der Waals surface area contributed by atoms with Gasteiger partial charge in [0.25, 0.3) is 0 Å². The Morgan fingerprint density at radius 3 is 2.86 bits per heavy atom. The predicted octanol–water partition coefficient (Wildman–Crippen LogP) is 2.83. The summed E-state index contributed by atoms with van der Waals surface area (Å²) in [6, 6.07) is 1.52. The average molecular weight is 281 g/mol. The quantitative estimate of drug-likeness (QED) is 0.755. The van der Waals surface area contributed by atoms with Crippen molar-refractivity contribution in [1.82, 2.24) is 4.57 Å². The summed E-state index contributed by atoms with van der Waals surface area (Å²) in [5.74, 6) is 1.77. The van der Waals surface area contributed by atoms with Crippen molar-refractivity contribution in [1.29, 1.82) is 0 Å². The lowest BCUT2D eigenvalue weighted by Gasteiger charge is -2.19. The molecule has 0 saturated carbocycles. The van der Waals surface area contributed by atoms with Gasteiger partial charge in [0.1, 0.15) is 5.76 Å². The third kappa shape index (κ3) is 1.68. The molecule has 106 valence electrons. The highest BCUT2D eigenvalue weighted by Gasteiger charge is 2.28. The molecule has 3 heterocycles. The van der Waals surface area contributed by atoms with Gasteiger partial charge < -0.3 is 8.98 Å². The SMILES string of the molecule is CC1=CCCc2c1oc1c2CCn2cc(C=O)c(=O)cc2-1. The highest BCUT2D eigenvalue weighted by atomic mass is 16.3. The number of carbonyl (C=O) groups is 1. The molecule has 2 aromatic heterocycles. The summed E-state index contributed by atoms with van der Waals surface area (Å²) in [5.41, 5.74) is 4.44. The van der Waals surface area contributed by atoms with E-state index in [1.165, 1.54) is 22.8 Å². The normalized spacial score (nSPS) is 15.8. The van der Waals surface area contributed by atoms with Gasteiger partial charge in [0.2, 0.25) is 0 Å². The van der Waals surface area contributed by atoms with Gasteiger partial charge in [0.15, 0.2) is 17.5 Å². The molecule has 0 radical (unpaired) electrons. The van der Waals surface area contributed by atoms with Gasteiger partial charge in [0.05, 0.1) is 11.3 Å². The number of furan rings is 1. The topological polar surface area (TPSA) is 52.2 Å². The zero-order valence-corrected chi connectivity index (χ0v) is 11.8. The van der Waals surface area contributed by atoms with Gasteiger partial charge in [-0.1, -0.05) is 6.08 Å². The smallest absolute Gasteiger partial charge is 0.192 e. The fourth-order valence-electron chi connectivity index (χ4n) is 3.37. The third-order valence-electron chi connectivity index (χ3n) is 4.44. The van der Waals surface area contributed by atoms with Crippen molar-refractivity contribution in [2.45, 2.75) is 32.7 Å². The van der Waals surface area contributed by atoms with E-state index in [1.54, 1.807) is 6.20 Å². The first kappa shape index (κ1) is 12.4. The maximum absolute atomic E-state index is 11.9. The summed E-state index contributed by atoms with van der Waals surface area (Å²) in [6.45, 7) is 2.84. The molecule has 0 amide bonds. The number of aromatic nitrogens is 1. The number of aldehydes is 1. The molecule has 21 heavy (non-hydrogen) atoms. The molecule has 2 aliphatic rings. The van der Waals surface area contributed by atoms with Crippen molar-refractivity contribution in [2.24, 2.45) is 0 Å². The highest BCUT2D eigenvalue weighted by Crippen LogP contribution is 2.40. The lowest BCUT2D eigenvalue weighted by atomic mass is 9.92. The molecule has 0 N–H and O–H groups in total. The second-order valence-corrected chi connectivity index (χ2v) is 5.68. The summed E-state index contributed by atoms with van der Waals surface area (Å²) < 4.78 is 8.03. The van der Waals surface area contributed by atoms with Gasteiger partial charge in [-0.05, 0) is 31.8 Å². The van der Waals surface area contributed by atoms with Crippen LogP contribution >= 0.6 is 0 Å². The monoisotopic (exact) mass is 281 g/mol. The molecule has 0 unspecified atom stereocenters. The minimum atomic E-state index is -0.245. The van der Waals surface area contributed by atoms with Crippen LogP contribution in [0.5, 0.6) is 0 Å². The number of fused-ring (bicyclic) bond motifs is 5. The van der Waals surface area contributed by atoms with E-state index in [-0.39, 0.29) is 11.0 Å². The number of hydrogen-bond acceptors (Lipinski definition) is 3. The lowest BCUT2D eigenvalue weighted by Crippen LogP contribution is -2.18. The Morgan fingerprint density at radius 2 is 2.05 bits per heavy atom. The van der Waals surface area contributed by atoms with Crippen LogP contribution in [0, 0.1) is 0 Å². The Hall–Kier alpha value is -2.36. The van der Waals surface area contributed by atoms with Gasteiger partial charge in [-0.2, -0.15) is 0 Å². The van der Waals surface area contributed by atoms with Crippen molar-refractivity contribution in [2.75, 3.05) is 0 Å². The van der Waals surface area contributed by atoms with Crippen LogP contribution in [0.25, 0.3) is 17.0 Å². The third-order valence-corrected chi connectivity index (χ3v) is 4.44. The number of nitrogens with zero attached hydrogens (tertiary/aromatic N) is 1. The summed E-state index contributed by atoms with van der Waals surface area (Å²) in [4.78, 5) is 22.9. The van der Waals surface area contributed by atoms with Crippen molar-refractivity contribution in [3.05, 3.63) is 51.0 Å². The van der Waals surface area contributed by atoms with Crippen LogP contribution in [0.4, 0.5) is 0 Å².